The van der Waals surface area contributed by atoms with E-state index in [1.807, 2.05) is 42.5 Å². The zero-order chi connectivity index (χ0) is 19.9. The van der Waals surface area contributed by atoms with Gasteiger partial charge in [0.2, 0.25) is 5.91 Å². The molecule has 0 aromatic heterocycles. The second-order valence-electron chi connectivity index (χ2n) is 7.06. The number of fused-ring (bicyclic) bond motifs is 1. The van der Waals surface area contributed by atoms with Gasteiger partial charge in [0.15, 0.2) is 0 Å². The van der Waals surface area contributed by atoms with Crippen molar-refractivity contribution in [3.63, 3.8) is 0 Å². The second kappa shape index (κ2) is 9.51. The van der Waals surface area contributed by atoms with Crippen molar-refractivity contribution in [2.24, 2.45) is 0 Å². The van der Waals surface area contributed by atoms with Gasteiger partial charge in [0, 0.05) is 24.2 Å². The molecule has 2 amide bonds. The Morgan fingerprint density at radius 1 is 1.04 bits per heavy atom. The van der Waals surface area contributed by atoms with Crippen LogP contribution >= 0.6 is 0 Å². The number of anilines is 1. The molecule has 0 fully saturated rings. The summed E-state index contributed by atoms with van der Waals surface area (Å²) >= 11 is 0. The highest BCUT2D eigenvalue weighted by atomic mass is 16.2. The molecular formula is C23H29N3O2. The van der Waals surface area contributed by atoms with E-state index in [1.165, 1.54) is 0 Å². The molecule has 2 aromatic rings. The van der Waals surface area contributed by atoms with E-state index in [2.05, 4.69) is 24.1 Å². The molecule has 1 aliphatic heterocycles. The van der Waals surface area contributed by atoms with Gasteiger partial charge in [-0.05, 0) is 49.8 Å². The third-order valence-corrected chi connectivity index (χ3v) is 5.36. The maximum absolute atomic E-state index is 13.2. The Kier molecular flexibility index (Phi) is 6.82. The van der Waals surface area contributed by atoms with Crippen molar-refractivity contribution in [3.8, 4) is 0 Å². The number of carbonyl (C=O) groups is 2. The average Bonchev–Trinajstić information content (AvgIpc) is 3.13. The van der Waals surface area contributed by atoms with E-state index in [1.54, 1.807) is 17.0 Å². The van der Waals surface area contributed by atoms with Gasteiger partial charge in [-0.15, -0.1) is 0 Å². The molecule has 3 rings (SSSR count). The summed E-state index contributed by atoms with van der Waals surface area (Å²) < 4.78 is 0. The van der Waals surface area contributed by atoms with E-state index in [0.717, 1.165) is 37.3 Å². The van der Waals surface area contributed by atoms with Crippen molar-refractivity contribution in [3.05, 3.63) is 65.7 Å². The van der Waals surface area contributed by atoms with Gasteiger partial charge in [-0.25, -0.2) is 0 Å². The van der Waals surface area contributed by atoms with Crippen LogP contribution in [0.25, 0.3) is 0 Å². The van der Waals surface area contributed by atoms with Crippen molar-refractivity contribution in [2.75, 3.05) is 31.1 Å². The van der Waals surface area contributed by atoms with Crippen LogP contribution in [0.5, 0.6) is 0 Å². The molecule has 2 aromatic carbocycles. The van der Waals surface area contributed by atoms with Gasteiger partial charge in [-0.3, -0.25) is 14.5 Å². The minimum atomic E-state index is -0.501. The zero-order valence-electron chi connectivity index (χ0n) is 16.7. The number of hydrogen-bond acceptors (Lipinski definition) is 3. The number of carbonyl (C=O) groups excluding carboxylic acids is 2. The molecule has 0 bridgehead atoms. The maximum Gasteiger partial charge on any atom is 0.259 e. The second-order valence-corrected chi connectivity index (χ2v) is 7.06. The zero-order valence-corrected chi connectivity index (χ0v) is 16.7. The van der Waals surface area contributed by atoms with Crippen LogP contribution in [0, 0.1) is 0 Å². The molecule has 148 valence electrons. The molecule has 0 spiro atoms. The Balaban J connectivity index is 1.70. The van der Waals surface area contributed by atoms with Crippen LogP contribution in [0.1, 0.15) is 36.2 Å². The van der Waals surface area contributed by atoms with Crippen molar-refractivity contribution in [1.82, 2.24) is 10.2 Å². The lowest BCUT2D eigenvalue weighted by Crippen LogP contribution is -2.48. The van der Waals surface area contributed by atoms with E-state index in [9.17, 15) is 9.59 Å². The van der Waals surface area contributed by atoms with E-state index in [0.29, 0.717) is 18.5 Å². The summed E-state index contributed by atoms with van der Waals surface area (Å²) in [4.78, 5) is 30.1. The van der Waals surface area contributed by atoms with Gasteiger partial charge in [0.1, 0.15) is 6.04 Å². The third kappa shape index (κ3) is 4.42. The average molecular weight is 380 g/mol. The number of para-hydroxylation sites is 1. The molecule has 5 heteroatoms. The van der Waals surface area contributed by atoms with Crippen molar-refractivity contribution in [1.29, 1.82) is 0 Å². The van der Waals surface area contributed by atoms with Crippen LogP contribution in [0.3, 0.4) is 0 Å². The lowest BCUT2D eigenvalue weighted by atomic mass is 10.1. The van der Waals surface area contributed by atoms with Crippen LogP contribution in [-0.4, -0.2) is 48.9 Å². The molecule has 1 aliphatic rings. The van der Waals surface area contributed by atoms with E-state index >= 15 is 0 Å². The number of rotatable bonds is 8. The first kappa shape index (κ1) is 20.1. The van der Waals surface area contributed by atoms with Crippen molar-refractivity contribution >= 4 is 17.5 Å². The fourth-order valence-electron chi connectivity index (χ4n) is 3.74. The molecule has 0 saturated heterocycles. The lowest BCUT2D eigenvalue weighted by molar-refractivity contribution is -0.122. The predicted octanol–water partition coefficient (Wildman–Crippen LogP) is 3.11. The summed E-state index contributed by atoms with van der Waals surface area (Å²) in [5.74, 6) is -0.214. The molecule has 0 saturated carbocycles. The first-order valence-corrected chi connectivity index (χ1v) is 10.1. The number of hydrogen-bond donors (Lipinski definition) is 1. The van der Waals surface area contributed by atoms with Gasteiger partial charge in [0.05, 0.1) is 0 Å². The van der Waals surface area contributed by atoms with Crippen LogP contribution in [0.2, 0.25) is 0 Å². The number of amides is 2. The van der Waals surface area contributed by atoms with E-state index < -0.39 is 6.04 Å². The Hall–Kier alpha value is -2.66. The quantitative estimate of drug-likeness (QED) is 0.717. The summed E-state index contributed by atoms with van der Waals surface area (Å²) in [6.07, 6.45) is 1.45. The van der Waals surface area contributed by atoms with Gasteiger partial charge in [0.25, 0.3) is 5.91 Å². The Morgan fingerprint density at radius 3 is 2.43 bits per heavy atom. The van der Waals surface area contributed by atoms with E-state index in [-0.39, 0.29) is 11.8 Å². The summed E-state index contributed by atoms with van der Waals surface area (Å²) in [5, 5.41) is 3.04. The monoisotopic (exact) mass is 379 g/mol. The van der Waals surface area contributed by atoms with Gasteiger partial charge in [-0.2, -0.15) is 0 Å². The SMILES string of the molecule is CCN(CC)CCCNC(=O)C1Cc2ccccc2N1C(=O)c1ccccc1. The van der Waals surface area contributed by atoms with Gasteiger partial charge in [-0.1, -0.05) is 50.2 Å². The first-order valence-electron chi connectivity index (χ1n) is 10.1. The Morgan fingerprint density at radius 2 is 1.71 bits per heavy atom. The Bertz CT molecular complexity index is 803. The molecule has 5 nitrogen and oxygen atoms in total. The highest BCUT2D eigenvalue weighted by Crippen LogP contribution is 2.33. The molecule has 1 heterocycles. The fourth-order valence-corrected chi connectivity index (χ4v) is 3.74. The number of benzene rings is 2. The molecule has 1 N–H and O–H groups in total. The number of nitrogens with one attached hydrogen (secondary N) is 1. The van der Waals surface area contributed by atoms with Crippen LogP contribution in [0.4, 0.5) is 5.69 Å². The molecular weight excluding hydrogens is 350 g/mol. The summed E-state index contributed by atoms with van der Waals surface area (Å²) in [6.45, 7) is 7.90. The fraction of sp³-hybridized carbons (Fsp3) is 0.391. The minimum absolute atomic E-state index is 0.0833. The van der Waals surface area contributed by atoms with Crippen LogP contribution < -0.4 is 10.2 Å². The topological polar surface area (TPSA) is 52.7 Å². The Labute approximate surface area is 167 Å². The maximum atomic E-state index is 13.2. The molecule has 1 unspecified atom stereocenters. The largest absolute Gasteiger partial charge is 0.354 e. The predicted molar refractivity (Wildman–Crippen MR) is 113 cm³/mol. The van der Waals surface area contributed by atoms with Crippen molar-refractivity contribution < 1.29 is 9.59 Å². The lowest BCUT2D eigenvalue weighted by Gasteiger charge is -2.25. The highest BCUT2D eigenvalue weighted by Gasteiger charge is 2.38. The standard InChI is InChI=1S/C23H29N3O2/c1-3-25(4-2)16-10-15-24-22(27)21-17-19-13-8-9-14-20(19)26(21)23(28)18-11-6-5-7-12-18/h5-9,11-14,21H,3-4,10,15-17H2,1-2H3,(H,24,27). The van der Waals surface area contributed by atoms with Gasteiger partial charge >= 0.3 is 0 Å². The summed E-state index contributed by atoms with van der Waals surface area (Å²) in [7, 11) is 0. The van der Waals surface area contributed by atoms with Crippen LogP contribution in [-0.2, 0) is 11.2 Å². The van der Waals surface area contributed by atoms with Gasteiger partial charge < -0.3 is 10.2 Å². The summed E-state index contributed by atoms with van der Waals surface area (Å²) in [6, 6.07) is 16.4. The smallest absolute Gasteiger partial charge is 0.259 e. The molecule has 0 radical (unpaired) electrons. The normalized spacial score (nSPS) is 15.5. The van der Waals surface area contributed by atoms with Crippen molar-refractivity contribution in [2.45, 2.75) is 32.7 Å². The summed E-state index contributed by atoms with van der Waals surface area (Å²) in [5.41, 5.74) is 2.47. The number of nitrogens with zero attached hydrogens (tertiary/aromatic N) is 2. The third-order valence-electron chi connectivity index (χ3n) is 5.36. The minimum Gasteiger partial charge on any atom is -0.354 e. The molecule has 28 heavy (non-hydrogen) atoms. The van der Waals surface area contributed by atoms with E-state index in [4.69, 9.17) is 0 Å². The molecule has 0 aliphatic carbocycles. The highest BCUT2D eigenvalue weighted by molar-refractivity contribution is 6.11. The molecule has 1 atom stereocenters. The van der Waals surface area contributed by atoms with Crippen LogP contribution in [0.15, 0.2) is 54.6 Å². The first-order chi connectivity index (χ1) is 13.7.